The van der Waals surface area contributed by atoms with Crippen LogP contribution in [0.3, 0.4) is 0 Å². The van der Waals surface area contributed by atoms with E-state index >= 15 is 0 Å². The van der Waals surface area contributed by atoms with Crippen molar-refractivity contribution in [3.63, 3.8) is 0 Å². The van der Waals surface area contributed by atoms with E-state index in [2.05, 4.69) is 41.5 Å². The third-order valence-electron chi connectivity index (χ3n) is 5.07. The van der Waals surface area contributed by atoms with Crippen molar-refractivity contribution in [2.75, 3.05) is 30.8 Å². The number of rotatable bonds is 5. The summed E-state index contributed by atoms with van der Waals surface area (Å²) in [5, 5.41) is 9.71. The van der Waals surface area contributed by atoms with Crippen molar-refractivity contribution >= 4 is 55.5 Å². The van der Waals surface area contributed by atoms with Gasteiger partial charge in [0, 0.05) is 6.04 Å². The molecule has 1 unspecified atom stereocenters. The largest absolute Gasteiger partial charge is 0.448 e. The molecular formula is C19H21BrN6O3S. The highest BCUT2D eigenvalue weighted by Gasteiger charge is 2.22. The maximum absolute atomic E-state index is 12.7. The summed E-state index contributed by atoms with van der Waals surface area (Å²) >= 11 is 4.82. The van der Waals surface area contributed by atoms with E-state index in [0.717, 1.165) is 28.0 Å². The van der Waals surface area contributed by atoms with Crippen molar-refractivity contribution in [2.45, 2.75) is 25.8 Å². The first-order valence-electron chi connectivity index (χ1n) is 9.45. The van der Waals surface area contributed by atoms with Gasteiger partial charge in [0.15, 0.2) is 0 Å². The number of carbonyl (C=O) groups is 2. The van der Waals surface area contributed by atoms with Crippen molar-refractivity contribution in [3.8, 4) is 0 Å². The van der Waals surface area contributed by atoms with Crippen LogP contribution in [0.4, 0.5) is 16.2 Å². The van der Waals surface area contributed by atoms with Crippen LogP contribution in [0.5, 0.6) is 0 Å². The molecule has 0 saturated carbocycles. The molecule has 30 heavy (non-hydrogen) atoms. The second-order valence-electron chi connectivity index (χ2n) is 7.15. The van der Waals surface area contributed by atoms with E-state index in [9.17, 15) is 9.59 Å². The molecule has 2 N–H and O–H groups in total. The average molecular weight is 493 g/mol. The molecule has 1 aliphatic rings. The number of aryl methyl sites for hydroxylation is 1. The van der Waals surface area contributed by atoms with Gasteiger partial charge in [-0.05, 0) is 55.4 Å². The summed E-state index contributed by atoms with van der Waals surface area (Å²) in [5.74, 6) is -0.298. The van der Waals surface area contributed by atoms with Crippen LogP contribution in [-0.2, 0) is 4.74 Å². The fourth-order valence-electron chi connectivity index (χ4n) is 3.35. The third kappa shape index (κ3) is 4.47. The van der Waals surface area contributed by atoms with E-state index in [4.69, 9.17) is 4.74 Å². The van der Waals surface area contributed by atoms with Crippen LogP contribution in [0, 0.1) is 6.92 Å². The number of likely N-dealkylation sites (tertiary alicyclic amines) is 1. The van der Waals surface area contributed by atoms with Crippen molar-refractivity contribution < 1.29 is 14.3 Å². The molecule has 3 aromatic heterocycles. The zero-order valence-corrected chi connectivity index (χ0v) is 18.9. The number of halogens is 1. The normalized spacial score (nSPS) is 16.7. The van der Waals surface area contributed by atoms with Crippen LogP contribution in [0.25, 0.3) is 4.83 Å². The number of carbonyl (C=O) groups excluding carboxylic acids is 2. The highest BCUT2D eigenvalue weighted by molar-refractivity contribution is 9.11. The van der Waals surface area contributed by atoms with Gasteiger partial charge < -0.3 is 15.0 Å². The summed E-state index contributed by atoms with van der Waals surface area (Å²) in [6, 6.07) is 1.92. The second-order valence-corrected chi connectivity index (χ2v) is 9.56. The van der Waals surface area contributed by atoms with Gasteiger partial charge in [0.2, 0.25) is 0 Å². The Balaban J connectivity index is 1.41. The van der Waals surface area contributed by atoms with E-state index in [1.54, 1.807) is 23.7 Å². The molecular weight excluding hydrogens is 472 g/mol. The standard InChI is InChI=1S/C19H21BrN6O3S/c1-11-15(24-17(27)14-8-22-26-9-16(20)30-18(14)26)6-12(7-21-11)23-19(28)29-10-13-4-3-5-25(13)2/h6-9,13H,3-5,10H2,1-2H3,(H,23,28)(H,24,27). The van der Waals surface area contributed by atoms with Crippen LogP contribution in [0.15, 0.2) is 28.4 Å². The SMILES string of the molecule is Cc1ncc(NC(=O)OCC2CCCN2C)cc1NC(=O)c1cnn2cc(Br)sc12. The van der Waals surface area contributed by atoms with Gasteiger partial charge in [-0.3, -0.25) is 15.1 Å². The summed E-state index contributed by atoms with van der Waals surface area (Å²) in [6.45, 7) is 3.15. The van der Waals surface area contributed by atoms with E-state index in [0.29, 0.717) is 29.2 Å². The van der Waals surface area contributed by atoms with Gasteiger partial charge in [-0.1, -0.05) is 0 Å². The van der Waals surface area contributed by atoms with Crippen LogP contribution in [-0.4, -0.2) is 57.7 Å². The molecule has 9 nitrogen and oxygen atoms in total. The molecule has 0 aliphatic carbocycles. The Labute approximate surface area is 185 Å². The number of ether oxygens (including phenoxy) is 1. The molecule has 2 amide bonds. The topological polar surface area (TPSA) is 101 Å². The highest BCUT2D eigenvalue weighted by atomic mass is 79.9. The molecule has 0 spiro atoms. The summed E-state index contributed by atoms with van der Waals surface area (Å²) in [5.41, 5.74) is 2.04. The molecule has 1 aliphatic heterocycles. The minimum atomic E-state index is -0.542. The van der Waals surface area contributed by atoms with Crippen molar-refractivity contribution in [1.82, 2.24) is 19.5 Å². The van der Waals surface area contributed by atoms with Crippen molar-refractivity contribution in [1.29, 1.82) is 0 Å². The number of anilines is 2. The Hall–Kier alpha value is -2.50. The van der Waals surface area contributed by atoms with Gasteiger partial charge in [-0.25, -0.2) is 9.31 Å². The number of nitrogens with one attached hydrogen (secondary N) is 2. The minimum Gasteiger partial charge on any atom is -0.448 e. The van der Waals surface area contributed by atoms with Gasteiger partial charge >= 0.3 is 6.09 Å². The van der Waals surface area contributed by atoms with E-state index in [-0.39, 0.29) is 11.9 Å². The molecule has 0 aromatic carbocycles. The van der Waals surface area contributed by atoms with Crippen LogP contribution in [0.1, 0.15) is 28.9 Å². The Morgan fingerprint density at radius 1 is 1.37 bits per heavy atom. The van der Waals surface area contributed by atoms with E-state index in [1.807, 2.05) is 7.05 Å². The number of nitrogens with zero attached hydrogens (tertiary/aromatic N) is 4. The molecule has 4 heterocycles. The first-order chi connectivity index (χ1) is 14.4. The molecule has 3 aromatic rings. The lowest BCUT2D eigenvalue weighted by Gasteiger charge is -2.19. The van der Waals surface area contributed by atoms with E-state index < -0.39 is 6.09 Å². The number of amides is 2. The predicted molar refractivity (Wildman–Crippen MR) is 118 cm³/mol. The Morgan fingerprint density at radius 3 is 2.97 bits per heavy atom. The zero-order chi connectivity index (χ0) is 21.3. The lowest BCUT2D eigenvalue weighted by Crippen LogP contribution is -2.31. The predicted octanol–water partition coefficient (Wildman–Crippen LogP) is 3.76. The first kappa shape index (κ1) is 20.8. The lowest BCUT2D eigenvalue weighted by atomic mass is 10.2. The molecule has 11 heteroatoms. The van der Waals surface area contributed by atoms with Crippen LogP contribution in [0.2, 0.25) is 0 Å². The zero-order valence-electron chi connectivity index (χ0n) is 16.5. The number of fused-ring (bicyclic) bond motifs is 1. The van der Waals surface area contributed by atoms with Gasteiger partial charge in [0.05, 0.1) is 45.0 Å². The summed E-state index contributed by atoms with van der Waals surface area (Å²) < 4.78 is 7.86. The summed E-state index contributed by atoms with van der Waals surface area (Å²) in [6.07, 6.45) is 6.44. The van der Waals surface area contributed by atoms with Gasteiger partial charge in [0.1, 0.15) is 11.4 Å². The van der Waals surface area contributed by atoms with Gasteiger partial charge in [0.25, 0.3) is 5.91 Å². The van der Waals surface area contributed by atoms with Gasteiger partial charge in [-0.15, -0.1) is 11.3 Å². The fraction of sp³-hybridized carbons (Fsp3) is 0.368. The maximum Gasteiger partial charge on any atom is 0.411 e. The number of hydrogen-bond donors (Lipinski definition) is 2. The molecule has 158 valence electrons. The highest BCUT2D eigenvalue weighted by Crippen LogP contribution is 2.27. The quantitative estimate of drug-likeness (QED) is 0.562. The molecule has 4 rings (SSSR count). The maximum atomic E-state index is 12.7. The summed E-state index contributed by atoms with van der Waals surface area (Å²) in [4.78, 5) is 32.1. The Kier molecular flexibility index (Phi) is 6.02. The molecule has 1 atom stereocenters. The Bertz CT molecular complexity index is 1100. The number of aromatic nitrogens is 3. The smallest absolute Gasteiger partial charge is 0.411 e. The lowest BCUT2D eigenvalue weighted by molar-refractivity contribution is 0.102. The van der Waals surface area contributed by atoms with Crippen molar-refractivity contribution in [2.24, 2.45) is 0 Å². The fourth-order valence-corrected chi connectivity index (χ4v) is 4.79. The number of likely N-dealkylation sites (N-methyl/N-ethyl adjacent to an activating group) is 1. The molecule has 1 fully saturated rings. The number of hydrogen-bond acceptors (Lipinski definition) is 7. The van der Waals surface area contributed by atoms with Crippen LogP contribution < -0.4 is 10.6 Å². The molecule has 0 radical (unpaired) electrons. The first-order valence-corrected chi connectivity index (χ1v) is 11.1. The van der Waals surface area contributed by atoms with Gasteiger partial charge in [-0.2, -0.15) is 5.10 Å². The second kappa shape index (κ2) is 8.70. The summed E-state index contributed by atoms with van der Waals surface area (Å²) in [7, 11) is 2.03. The number of pyridine rings is 1. The average Bonchev–Trinajstić information content (AvgIpc) is 3.38. The third-order valence-corrected chi connectivity index (χ3v) is 6.66. The molecule has 1 saturated heterocycles. The molecule has 0 bridgehead atoms. The van der Waals surface area contributed by atoms with E-state index in [1.165, 1.54) is 23.7 Å². The minimum absolute atomic E-state index is 0.256. The monoisotopic (exact) mass is 492 g/mol. The van der Waals surface area contributed by atoms with Crippen LogP contribution >= 0.6 is 27.3 Å². The Morgan fingerprint density at radius 2 is 2.20 bits per heavy atom. The van der Waals surface area contributed by atoms with Crippen molar-refractivity contribution in [3.05, 3.63) is 39.7 Å². The number of thiazole rings is 1.